The van der Waals surface area contributed by atoms with Crippen molar-refractivity contribution in [1.29, 1.82) is 0 Å². The van der Waals surface area contributed by atoms with Crippen molar-refractivity contribution in [3.63, 3.8) is 0 Å². The third kappa shape index (κ3) is 9.67. The summed E-state index contributed by atoms with van der Waals surface area (Å²) in [5.41, 5.74) is -4.81. The number of hydrogen-bond donors (Lipinski definition) is 3. The molecular formula is C36H49F2N5O10S. The number of carbonyl (C=O) groups excluding carboxylic acids is 4. The maximum absolute atomic E-state index is 14.5. The molecule has 2 aromatic rings. The average molecular weight is 782 g/mol. The summed E-state index contributed by atoms with van der Waals surface area (Å²) in [7, 11) is -3.13. The first-order chi connectivity index (χ1) is 24.9. The van der Waals surface area contributed by atoms with Gasteiger partial charge in [-0.3, -0.25) is 14.4 Å². The average Bonchev–Trinajstić information content (AvgIpc) is 3.88. The number of halogens is 2. The van der Waals surface area contributed by atoms with Gasteiger partial charge in [-0.1, -0.05) is 20.8 Å². The number of benzene rings is 1. The number of aromatic nitrogens is 1. The minimum Gasteiger partial charge on any atom is -0.497 e. The van der Waals surface area contributed by atoms with Crippen molar-refractivity contribution in [2.45, 2.75) is 122 Å². The number of nitrogens with one attached hydrogen (secondary N) is 3. The third-order valence-electron chi connectivity index (χ3n) is 9.64. The number of nitrogens with zero attached hydrogens (tertiary/aromatic N) is 2. The number of rotatable bonds is 13. The molecule has 2 saturated carbocycles. The van der Waals surface area contributed by atoms with Gasteiger partial charge in [-0.25, -0.2) is 27.5 Å². The van der Waals surface area contributed by atoms with Gasteiger partial charge < -0.3 is 29.7 Å². The summed E-state index contributed by atoms with van der Waals surface area (Å²) in [5, 5.41) is 6.53. The first-order valence-electron chi connectivity index (χ1n) is 17.7. The summed E-state index contributed by atoms with van der Waals surface area (Å²) in [6.45, 7) is 11.5. The van der Waals surface area contributed by atoms with Crippen LogP contribution in [-0.4, -0.2) is 97.1 Å². The third-order valence-corrected chi connectivity index (χ3v) is 10.7. The molecule has 0 radical (unpaired) electrons. The molecule has 5 atom stereocenters. The lowest BCUT2D eigenvalue weighted by Gasteiger charge is -2.36. The van der Waals surface area contributed by atoms with E-state index in [1.54, 1.807) is 77.5 Å². The lowest BCUT2D eigenvalue weighted by Crippen LogP contribution is -2.60. The predicted molar refractivity (Wildman–Crippen MR) is 191 cm³/mol. The van der Waals surface area contributed by atoms with E-state index < -0.39 is 93.2 Å². The van der Waals surface area contributed by atoms with Crippen molar-refractivity contribution in [2.75, 3.05) is 13.7 Å². The maximum atomic E-state index is 14.5. The topological polar surface area (TPSA) is 192 Å². The Morgan fingerprint density at radius 3 is 2.35 bits per heavy atom. The van der Waals surface area contributed by atoms with Crippen LogP contribution in [0.3, 0.4) is 0 Å². The zero-order chi connectivity index (χ0) is 40.0. The number of methoxy groups -OCH3 is 1. The second-order valence-electron chi connectivity index (χ2n) is 16.5. The van der Waals surface area contributed by atoms with Crippen molar-refractivity contribution in [2.24, 2.45) is 11.3 Å². The molecule has 1 saturated heterocycles. The standard InChI is InChI=1S/C36H49F2N5O10S/c1-33(2,3)27(40-32(47)52-34(4,5)6)30(45)43-19-23(51-29-24-10-9-22(50-8)15-20(24)11-14-39-29)17-25(43)28(44)41-36(18-21(36)16-26(37)38)31(46)42-54(48,49)53-35(7)12-13-35/h9-11,14-15,21,23,25-27H,12-13,16-19H2,1-8H3,(H,40,47)(H,41,44)(H,42,46)/t21-,23-,25+,27-,36-/m1/s1. The van der Waals surface area contributed by atoms with Crippen LogP contribution < -0.4 is 24.8 Å². The number of amides is 4. The first-order valence-corrected chi connectivity index (χ1v) is 19.1. The van der Waals surface area contributed by atoms with Crippen LogP contribution in [-0.2, 0) is 33.6 Å². The highest BCUT2D eigenvalue weighted by atomic mass is 32.2. The van der Waals surface area contributed by atoms with E-state index >= 15 is 0 Å². The van der Waals surface area contributed by atoms with E-state index in [-0.39, 0.29) is 25.3 Å². The van der Waals surface area contributed by atoms with Crippen LogP contribution in [0, 0.1) is 11.3 Å². The molecule has 54 heavy (non-hydrogen) atoms. The smallest absolute Gasteiger partial charge is 0.408 e. The monoisotopic (exact) mass is 781 g/mol. The SMILES string of the molecule is COc1ccc2c(O[C@@H]3C[C@@H](C(=O)N[C@]4(C(=O)NS(=O)(=O)OC5(C)CC5)C[C@H]4CC(F)F)N(C(=O)[C@@H](NC(=O)OC(C)(C)C)C(C)(C)C)C3)nccc2c1. The Morgan fingerprint density at radius 1 is 1.07 bits per heavy atom. The van der Waals surface area contributed by atoms with E-state index in [9.17, 15) is 36.4 Å². The Balaban J connectivity index is 1.45. The van der Waals surface area contributed by atoms with Crippen LogP contribution in [0.5, 0.6) is 11.6 Å². The van der Waals surface area contributed by atoms with Gasteiger partial charge in [0.1, 0.15) is 35.1 Å². The lowest BCUT2D eigenvalue weighted by atomic mass is 9.85. The highest BCUT2D eigenvalue weighted by molar-refractivity contribution is 7.85. The van der Waals surface area contributed by atoms with Crippen LogP contribution in [0.1, 0.15) is 80.6 Å². The van der Waals surface area contributed by atoms with E-state index in [1.807, 2.05) is 0 Å². The Bertz CT molecular complexity index is 1900. The number of hydrogen-bond acceptors (Lipinski definition) is 11. The summed E-state index contributed by atoms with van der Waals surface area (Å²) in [4.78, 5) is 60.8. The number of fused-ring (bicyclic) bond motifs is 1. The zero-order valence-electron chi connectivity index (χ0n) is 31.7. The second-order valence-corrected chi connectivity index (χ2v) is 17.8. The normalized spacial score (nSPS) is 24.1. The van der Waals surface area contributed by atoms with Crippen LogP contribution in [0.25, 0.3) is 10.8 Å². The molecule has 15 nitrogen and oxygen atoms in total. The van der Waals surface area contributed by atoms with E-state index in [1.165, 1.54) is 18.2 Å². The van der Waals surface area contributed by atoms with Gasteiger partial charge in [0, 0.05) is 24.4 Å². The molecule has 298 valence electrons. The number of likely N-dealkylation sites (tertiary alicyclic amines) is 1. The minimum atomic E-state index is -4.66. The molecule has 3 N–H and O–H groups in total. The van der Waals surface area contributed by atoms with Gasteiger partial charge in [0.15, 0.2) is 0 Å². The Hall–Kier alpha value is -4.32. The fourth-order valence-electron chi connectivity index (χ4n) is 6.49. The van der Waals surface area contributed by atoms with E-state index in [0.29, 0.717) is 24.0 Å². The number of alkyl carbamates (subject to hydrolysis) is 1. The Kier molecular flexibility index (Phi) is 11.1. The van der Waals surface area contributed by atoms with Gasteiger partial charge in [-0.05, 0) is 87.9 Å². The molecule has 2 aliphatic carbocycles. The summed E-state index contributed by atoms with van der Waals surface area (Å²) in [6.07, 6.45) is -3.38. The molecule has 3 aliphatic rings. The molecule has 2 heterocycles. The van der Waals surface area contributed by atoms with Gasteiger partial charge in [-0.2, -0.15) is 8.42 Å². The lowest BCUT2D eigenvalue weighted by molar-refractivity contribution is -0.143. The number of alkyl halides is 2. The van der Waals surface area contributed by atoms with Crippen LogP contribution in [0.2, 0.25) is 0 Å². The van der Waals surface area contributed by atoms with E-state index in [0.717, 1.165) is 5.39 Å². The molecular weight excluding hydrogens is 732 g/mol. The van der Waals surface area contributed by atoms with Crippen molar-refractivity contribution in [3.8, 4) is 11.6 Å². The van der Waals surface area contributed by atoms with Crippen LogP contribution in [0.4, 0.5) is 13.6 Å². The summed E-state index contributed by atoms with van der Waals surface area (Å²) < 4.78 is 76.6. The van der Waals surface area contributed by atoms with Gasteiger partial charge in [0.2, 0.25) is 24.1 Å². The summed E-state index contributed by atoms with van der Waals surface area (Å²) in [5.74, 6) is -3.12. The Morgan fingerprint density at radius 2 is 1.76 bits per heavy atom. The molecule has 4 amide bonds. The van der Waals surface area contributed by atoms with E-state index in [4.69, 9.17) is 18.4 Å². The summed E-state index contributed by atoms with van der Waals surface area (Å²) >= 11 is 0. The molecule has 5 rings (SSSR count). The van der Waals surface area contributed by atoms with Crippen molar-refractivity contribution >= 4 is 44.9 Å². The molecule has 0 spiro atoms. The van der Waals surface area contributed by atoms with Gasteiger partial charge in [-0.15, -0.1) is 0 Å². The van der Waals surface area contributed by atoms with Crippen LogP contribution >= 0.6 is 0 Å². The highest BCUT2D eigenvalue weighted by Crippen LogP contribution is 2.48. The van der Waals surface area contributed by atoms with Crippen LogP contribution in [0.15, 0.2) is 30.5 Å². The molecule has 3 fully saturated rings. The van der Waals surface area contributed by atoms with Gasteiger partial charge >= 0.3 is 16.4 Å². The molecule has 1 aromatic carbocycles. The molecule has 0 bridgehead atoms. The highest BCUT2D eigenvalue weighted by Gasteiger charge is 2.63. The fraction of sp³-hybridized carbons (Fsp3) is 0.639. The number of pyridine rings is 1. The Labute approximate surface area is 313 Å². The molecule has 1 aliphatic heterocycles. The minimum absolute atomic E-state index is 0.133. The van der Waals surface area contributed by atoms with Crippen molar-refractivity contribution in [3.05, 3.63) is 30.5 Å². The van der Waals surface area contributed by atoms with Crippen molar-refractivity contribution < 1.29 is 54.8 Å². The van der Waals surface area contributed by atoms with E-state index in [2.05, 4.69) is 15.6 Å². The van der Waals surface area contributed by atoms with Gasteiger partial charge in [0.25, 0.3) is 5.91 Å². The number of carbonyl (C=O) groups is 4. The second kappa shape index (κ2) is 14.7. The number of ether oxygens (including phenoxy) is 3. The summed E-state index contributed by atoms with van der Waals surface area (Å²) in [6, 6.07) is 4.44. The fourth-order valence-corrected chi connectivity index (χ4v) is 7.64. The molecule has 1 aromatic heterocycles. The molecule has 0 unspecified atom stereocenters. The quantitative estimate of drug-likeness (QED) is 0.266. The zero-order valence-corrected chi connectivity index (χ0v) is 32.5. The van der Waals surface area contributed by atoms with Crippen molar-refractivity contribution in [1.82, 2.24) is 25.2 Å². The first kappa shape index (κ1) is 40.9. The van der Waals surface area contributed by atoms with Gasteiger partial charge in [0.05, 0.1) is 19.3 Å². The largest absolute Gasteiger partial charge is 0.497 e. The maximum Gasteiger partial charge on any atom is 0.408 e. The molecule has 18 heteroatoms. The predicted octanol–water partition coefficient (Wildman–Crippen LogP) is 3.99.